The van der Waals surface area contributed by atoms with Crippen molar-refractivity contribution in [2.75, 3.05) is 17.1 Å². The molecule has 0 fully saturated rings. The number of benzene rings is 3. The summed E-state index contributed by atoms with van der Waals surface area (Å²) in [4.78, 5) is 29.2. The number of rotatable bonds is 12. The Morgan fingerprint density at radius 2 is 1.59 bits per heavy atom. The van der Waals surface area contributed by atoms with Gasteiger partial charge in [-0.05, 0) is 55.7 Å². The van der Waals surface area contributed by atoms with Crippen LogP contribution in [0.5, 0.6) is 0 Å². The molecule has 0 heterocycles. The second kappa shape index (κ2) is 13.6. The standard InChI is InChI=1S/C30H36ClN3O4S/c1-5-23(3)32-30(36)28(19-24-11-7-6-8-12-24)33(20-25-13-9-10-22(2)18-25)29(35)21-34(39(4,37)38)27-16-14-26(31)15-17-27/h6-18,23,28H,5,19-21H2,1-4H3,(H,32,36). The number of sulfonamides is 1. The van der Waals surface area contributed by atoms with Gasteiger partial charge in [-0.25, -0.2) is 8.42 Å². The number of halogens is 1. The summed E-state index contributed by atoms with van der Waals surface area (Å²) in [7, 11) is -3.82. The summed E-state index contributed by atoms with van der Waals surface area (Å²) in [5, 5.41) is 3.47. The summed E-state index contributed by atoms with van der Waals surface area (Å²) >= 11 is 6.01. The molecule has 7 nitrogen and oxygen atoms in total. The Bertz CT molecular complexity index is 1360. The van der Waals surface area contributed by atoms with Gasteiger partial charge >= 0.3 is 0 Å². The number of hydrogen-bond acceptors (Lipinski definition) is 4. The highest BCUT2D eigenvalue weighted by atomic mass is 35.5. The maximum atomic E-state index is 14.0. The Morgan fingerprint density at radius 3 is 2.18 bits per heavy atom. The SMILES string of the molecule is CCC(C)NC(=O)C(Cc1ccccc1)N(Cc1cccc(C)c1)C(=O)CN(c1ccc(Cl)cc1)S(C)(=O)=O. The fraction of sp³-hybridized carbons (Fsp3) is 0.333. The minimum atomic E-state index is -3.82. The Balaban J connectivity index is 2.05. The zero-order valence-corrected chi connectivity index (χ0v) is 24.4. The topological polar surface area (TPSA) is 86.8 Å². The Labute approximate surface area is 236 Å². The molecule has 0 aromatic heterocycles. The highest BCUT2D eigenvalue weighted by molar-refractivity contribution is 7.92. The first kappa shape index (κ1) is 30.2. The first-order valence-electron chi connectivity index (χ1n) is 12.9. The molecule has 1 N–H and O–H groups in total. The minimum Gasteiger partial charge on any atom is -0.352 e. The molecule has 0 aliphatic heterocycles. The van der Waals surface area contributed by atoms with Crippen LogP contribution in [0.4, 0.5) is 5.69 Å². The van der Waals surface area contributed by atoms with E-state index in [4.69, 9.17) is 11.6 Å². The van der Waals surface area contributed by atoms with E-state index in [0.29, 0.717) is 10.7 Å². The van der Waals surface area contributed by atoms with Crippen LogP contribution in [0.2, 0.25) is 5.02 Å². The molecule has 0 spiro atoms. The molecule has 0 saturated carbocycles. The van der Waals surface area contributed by atoms with E-state index in [2.05, 4.69) is 5.32 Å². The normalized spacial score (nSPS) is 12.8. The highest BCUT2D eigenvalue weighted by Gasteiger charge is 2.33. The number of aryl methyl sites for hydroxylation is 1. The first-order valence-corrected chi connectivity index (χ1v) is 15.1. The van der Waals surface area contributed by atoms with E-state index in [0.717, 1.165) is 33.7 Å². The van der Waals surface area contributed by atoms with Crippen LogP contribution < -0.4 is 9.62 Å². The van der Waals surface area contributed by atoms with E-state index in [1.165, 1.54) is 4.90 Å². The summed E-state index contributed by atoms with van der Waals surface area (Å²) in [5.41, 5.74) is 3.06. The zero-order chi connectivity index (χ0) is 28.6. The lowest BCUT2D eigenvalue weighted by molar-refractivity contribution is -0.140. The van der Waals surface area contributed by atoms with Gasteiger partial charge in [0.25, 0.3) is 0 Å². The average Bonchev–Trinajstić information content (AvgIpc) is 2.89. The molecule has 2 amide bonds. The van der Waals surface area contributed by atoms with Crippen LogP contribution in [0.1, 0.15) is 37.0 Å². The largest absolute Gasteiger partial charge is 0.352 e. The summed E-state index contributed by atoms with van der Waals surface area (Å²) < 4.78 is 26.6. The van der Waals surface area contributed by atoms with Gasteiger partial charge in [0, 0.05) is 24.0 Å². The van der Waals surface area contributed by atoms with Gasteiger partial charge < -0.3 is 10.2 Å². The average molecular weight is 570 g/mol. The maximum absolute atomic E-state index is 14.0. The van der Waals surface area contributed by atoms with Crippen LogP contribution in [0.15, 0.2) is 78.9 Å². The van der Waals surface area contributed by atoms with Crippen molar-refractivity contribution in [2.45, 2.75) is 52.2 Å². The predicted octanol–water partition coefficient (Wildman–Crippen LogP) is 4.97. The van der Waals surface area contributed by atoms with Gasteiger partial charge in [0.1, 0.15) is 12.6 Å². The van der Waals surface area contributed by atoms with E-state index in [-0.39, 0.29) is 24.9 Å². The second-order valence-electron chi connectivity index (χ2n) is 9.78. The molecule has 0 aliphatic rings. The van der Waals surface area contributed by atoms with Crippen molar-refractivity contribution >= 4 is 39.1 Å². The molecule has 0 aliphatic carbocycles. The van der Waals surface area contributed by atoms with Crippen molar-refractivity contribution in [3.63, 3.8) is 0 Å². The molecule has 0 radical (unpaired) electrons. The van der Waals surface area contributed by atoms with Crippen LogP contribution in [0.25, 0.3) is 0 Å². The Morgan fingerprint density at radius 1 is 0.949 bits per heavy atom. The van der Waals surface area contributed by atoms with Gasteiger partial charge in [0.2, 0.25) is 21.8 Å². The Kier molecular flexibility index (Phi) is 10.5. The molecule has 9 heteroatoms. The molecule has 3 rings (SSSR count). The third kappa shape index (κ3) is 8.83. The predicted molar refractivity (Wildman–Crippen MR) is 157 cm³/mol. The van der Waals surface area contributed by atoms with Gasteiger partial charge in [-0.15, -0.1) is 0 Å². The molecule has 0 saturated heterocycles. The van der Waals surface area contributed by atoms with Crippen molar-refractivity contribution in [3.8, 4) is 0 Å². The van der Waals surface area contributed by atoms with Gasteiger partial charge in [-0.3, -0.25) is 13.9 Å². The number of hydrogen-bond donors (Lipinski definition) is 1. The van der Waals surface area contributed by atoms with Crippen LogP contribution in [0.3, 0.4) is 0 Å². The third-order valence-corrected chi connectivity index (χ3v) is 7.89. The minimum absolute atomic E-state index is 0.0896. The zero-order valence-electron chi connectivity index (χ0n) is 22.8. The summed E-state index contributed by atoms with van der Waals surface area (Å²) in [6.45, 7) is 5.52. The smallest absolute Gasteiger partial charge is 0.244 e. The maximum Gasteiger partial charge on any atom is 0.244 e. The van der Waals surface area contributed by atoms with Crippen LogP contribution in [-0.2, 0) is 32.6 Å². The molecule has 2 unspecified atom stereocenters. The van der Waals surface area contributed by atoms with Crippen molar-refractivity contribution in [3.05, 3.63) is 101 Å². The monoisotopic (exact) mass is 569 g/mol. The molecular weight excluding hydrogens is 534 g/mol. The van der Waals surface area contributed by atoms with Gasteiger partial charge in [0.15, 0.2) is 0 Å². The molecule has 2 atom stereocenters. The van der Waals surface area contributed by atoms with Crippen molar-refractivity contribution in [2.24, 2.45) is 0 Å². The number of nitrogens with zero attached hydrogens (tertiary/aromatic N) is 2. The van der Waals surface area contributed by atoms with E-state index in [1.807, 2.05) is 75.4 Å². The molecule has 0 bridgehead atoms. The van der Waals surface area contributed by atoms with E-state index >= 15 is 0 Å². The molecule has 3 aromatic rings. The van der Waals surface area contributed by atoms with Crippen molar-refractivity contribution in [1.29, 1.82) is 0 Å². The summed E-state index contributed by atoms with van der Waals surface area (Å²) in [6, 6.07) is 22.5. The van der Waals surface area contributed by atoms with E-state index in [1.54, 1.807) is 24.3 Å². The number of anilines is 1. The first-order chi connectivity index (χ1) is 18.5. The fourth-order valence-corrected chi connectivity index (χ4v) is 5.20. The lowest BCUT2D eigenvalue weighted by Crippen LogP contribution is -2.54. The quantitative estimate of drug-likeness (QED) is 0.334. The second-order valence-corrected chi connectivity index (χ2v) is 12.1. The number of carbonyl (C=O) groups excluding carboxylic acids is 2. The highest BCUT2D eigenvalue weighted by Crippen LogP contribution is 2.22. The van der Waals surface area contributed by atoms with Gasteiger partial charge in [-0.2, -0.15) is 0 Å². The summed E-state index contributed by atoms with van der Waals surface area (Å²) in [5.74, 6) is -0.774. The fourth-order valence-electron chi connectivity index (χ4n) is 4.22. The lowest BCUT2D eigenvalue weighted by Gasteiger charge is -2.34. The third-order valence-electron chi connectivity index (χ3n) is 6.50. The number of nitrogens with one attached hydrogen (secondary N) is 1. The number of carbonyl (C=O) groups is 2. The van der Waals surface area contributed by atoms with Gasteiger partial charge in [-0.1, -0.05) is 78.7 Å². The van der Waals surface area contributed by atoms with Crippen LogP contribution in [0, 0.1) is 6.92 Å². The lowest BCUT2D eigenvalue weighted by atomic mass is 10.0. The van der Waals surface area contributed by atoms with Crippen molar-refractivity contribution < 1.29 is 18.0 Å². The van der Waals surface area contributed by atoms with Gasteiger partial charge in [0.05, 0.1) is 11.9 Å². The molecule has 3 aromatic carbocycles. The van der Waals surface area contributed by atoms with E-state index in [9.17, 15) is 18.0 Å². The summed E-state index contributed by atoms with van der Waals surface area (Å²) in [6.07, 6.45) is 2.06. The van der Waals surface area contributed by atoms with Crippen LogP contribution >= 0.6 is 11.6 Å². The number of amides is 2. The van der Waals surface area contributed by atoms with E-state index < -0.39 is 28.5 Å². The molecule has 39 heavy (non-hydrogen) atoms. The van der Waals surface area contributed by atoms with Crippen LogP contribution in [-0.4, -0.2) is 50.0 Å². The van der Waals surface area contributed by atoms with Crippen molar-refractivity contribution in [1.82, 2.24) is 10.2 Å². The molecule has 208 valence electrons. The molecular formula is C30H36ClN3O4S. The Hall–Kier alpha value is -3.36.